The lowest BCUT2D eigenvalue weighted by atomic mass is 9.86. The second-order valence-corrected chi connectivity index (χ2v) is 6.04. The van der Waals surface area contributed by atoms with Crippen molar-refractivity contribution in [3.05, 3.63) is 28.8 Å². The summed E-state index contributed by atoms with van der Waals surface area (Å²) >= 11 is 6.23. The first-order valence-corrected chi connectivity index (χ1v) is 7.19. The number of hydrogen-bond acceptors (Lipinski definition) is 2. The third-order valence-corrected chi connectivity index (χ3v) is 4.53. The van der Waals surface area contributed by atoms with Gasteiger partial charge in [-0.25, -0.2) is 0 Å². The number of benzene rings is 1. The summed E-state index contributed by atoms with van der Waals surface area (Å²) in [6.45, 7) is 3.20. The lowest BCUT2D eigenvalue weighted by molar-refractivity contribution is 0.164. The molecule has 2 nitrogen and oxygen atoms in total. The number of nitrogens with two attached hydrogens (primary N) is 1. The van der Waals surface area contributed by atoms with Crippen molar-refractivity contribution in [1.29, 1.82) is 0 Å². The summed E-state index contributed by atoms with van der Waals surface area (Å²) in [5.74, 6) is 0.889. The minimum absolute atomic E-state index is 0.678. The van der Waals surface area contributed by atoms with Crippen LogP contribution < -0.4 is 5.73 Å². The maximum absolute atomic E-state index is 6.23. The molecule has 0 bridgehead atoms. The summed E-state index contributed by atoms with van der Waals surface area (Å²) in [5, 5.41) is 0.783. The van der Waals surface area contributed by atoms with Crippen molar-refractivity contribution in [2.75, 3.05) is 12.8 Å². The summed E-state index contributed by atoms with van der Waals surface area (Å²) in [4.78, 5) is 2.41. The first kappa shape index (κ1) is 13.7. The van der Waals surface area contributed by atoms with Crippen LogP contribution in [0.1, 0.15) is 38.2 Å². The van der Waals surface area contributed by atoms with E-state index in [0.717, 1.165) is 28.7 Å². The SMILES string of the molecule is CC1CCC(N(C)Cc2c(N)cccc2Cl)CC1. The van der Waals surface area contributed by atoms with Gasteiger partial charge in [-0.15, -0.1) is 0 Å². The first-order chi connectivity index (χ1) is 8.58. The lowest BCUT2D eigenvalue weighted by Gasteiger charge is -2.34. The Morgan fingerprint density at radius 3 is 2.56 bits per heavy atom. The van der Waals surface area contributed by atoms with Crippen molar-refractivity contribution in [3.8, 4) is 0 Å². The molecule has 3 heteroatoms. The third kappa shape index (κ3) is 3.18. The highest BCUT2D eigenvalue weighted by atomic mass is 35.5. The Kier molecular flexibility index (Phi) is 4.52. The lowest BCUT2D eigenvalue weighted by Crippen LogP contribution is -2.34. The molecule has 0 unspecified atom stereocenters. The van der Waals surface area contributed by atoms with Crippen LogP contribution in [0.5, 0.6) is 0 Å². The van der Waals surface area contributed by atoms with Crippen LogP contribution >= 0.6 is 11.6 Å². The van der Waals surface area contributed by atoms with Gasteiger partial charge in [-0.1, -0.05) is 24.6 Å². The molecule has 1 aliphatic rings. The molecule has 1 fully saturated rings. The Hall–Kier alpha value is -0.730. The molecule has 100 valence electrons. The Morgan fingerprint density at radius 1 is 1.28 bits per heavy atom. The van der Waals surface area contributed by atoms with E-state index in [1.807, 2.05) is 18.2 Å². The van der Waals surface area contributed by atoms with Crippen LogP contribution in [-0.4, -0.2) is 18.0 Å². The quantitative estimate of drug-likeness (QED) is 0.840. The van der Waals surface area contributed by atoms with Gasteiger partial charge in [0.2, 0.25) is 0 Å². The van der Waals surface area contributed by atoms with Gasteiger partial charge in [0.25, 0.3) is 0 Å². The zero-order valence-corrected chi connectivity index (χ0v) is 12.1. The van der Waals surface area contributed by atoms with Crippen molar-refractivity contribution in [2.24, 2.45) is 5.92 Å². The molecule has 0 amide bonds. The van der Waals surface area contributed by atoms with E-state index in [9.17, 15) is 0 Å². The minimum Gasteiger partial charge on any atom is -0.398 e. The van der Waals surface area contributed by atoms with Crippen LogP contribution in [0.2, 0.25) is 5.02 Å². The van der Waals surface area contributed by atoms with E-state index in [-0.39, 0.29) is 0 Å². The van der Waals surface area contributed by atoms with E-state index < -0.39 is 0 Å². The zero-order valence-electron chi connectivity index (χ0n) is 11.3. The van der Waals surface area contributed by atoms with Crippen LogP contribution in [-0.2, 0) is 6.54 Å². The van der Waals surface area contributed by atoms with Gasteiger partial charge in [0.1, 0.15) is 0 Å². The zero-order chi connectivity index (χ0) is 13.1. The Labute approximate surface area is 115 Å². The maximum atomic E-state index is 6.23. The van der Waals surface area contributed by atoms with Crippen molar-refractivity contribution in [1.82, 2.24) is 4.90 Å². The molecule has 1 aromatic carbocycles. The summed E-state index contributed by atoms with van der Waals surface area (Å²) in [6.07, 6.45) is 5.27. The van der Waals surface area contributed by atoms with Gasteiger partial charge in [-0.3, -0.25) is 4.90 Å². The monoisotopic (exact) mass is 266 g/mol. The van der Waals surface area contributed by atoms with Gasteiger partial charge in [0, 0.05) is 28.9 Å². The van der Waals surface area contributed by atoms with Gasteiger partial charge in [-0.2, -0.15) is 0 Å². The summed E-state index contributed by atoms with van der Waals surface area (Å²) < 4.78 is 0. The van der Waals surface area contributed by atoms with E-state index in [1.54, 1.807) is 0 Å². The van der Waals surface area contributed by atoms with Crippen LogP contribution in [0.15, 0.2) is 18.2 Å². The Morgan fingerprint density at radius 2 is 1.94 bits per heavy atom. The number of halogens is 1. The van der Waals surface area contributed by atoms with E-state index in [4.69, 9.17) is 17.3 Å². The standard InChI is InChI=1S/C15H23ClN2/c1-11-6-8-12(9-7-11)18(2)10-13-14(16)4-3-5-15(13)17/h3-5,11-12H,6-10,17H2,1-2H3. The second kappa shape index (κ2) is 5.94. The van der Waals surface area contributed by atoms with E-state index in [0.29, 0.717) is 6.04 Å². The number of hydrogen-bond donors (Lipinski definition) is 1. The number of nitrogen functional groups attached to an aromatic ring is 1. The molecular formula is C15H23ClN2. The maximum Gasteiger partial charge on any atom is 0.0471 e. The third-order valence-electron chi connectivity index (χ3n) is 4.17. The number of nitrogens with zero attached hydrogens (tertiary/aromatic N) is 1. The molecule has 18 heavy (non-hydrogen) atoms. The second-order valence-electron chi connectivity index (χ2n) is 5.64. The molecule has 0 heterocycles. The highest BCUT2D eigenvalue weighted by Gasteiger charge is 2.22. The van der Waals surface area contributed by atoms with E-state index in [1.165, 1.54) is 25.7 Å². The molecule has 0 aromatic heterocycles. The average Bonchev–Trinajstić information content (AvgIpc) is 2.34. The molecule has 1 saturated carbocycles. The van der Waals surface area contributed by atoms with Gasteiger partial charge >= 0.3 is 0 Å². The summed E-state index contributed by atoms with van der Waals surface area (Å²) in [7, 11) is 2.18. The molecular weight excluding hydrogens is 244 g/mol. The van der Waals surface area contributed by atoms with Crippen molar-refractivity contribution < 1.29 is 0 Å². The van der Waals surface area contributed by atoms with Crippen LogP contribution in [0.4, 0.5) is 5.69 Å². The normalized spacial score (nSPS) is 24.4. The fourth-order valence-corrected chi connectivity index (χ4v) is 3.05. The molecule has 0 atom stereocenters. The number of rotatable bonds is 3. The largest absolute Gasteiger partial charge is 0.398 e. The first-order valence-electron chi connectivity index (χ1n) is 6.81. The molecule has 2 rings (SSSR count). The molecule has 0 spiro atoms. The van der Waals surface area contributed by atoms with Gasteiger partial charge in [-0.05, 0) is 50.8 Å². The summed E-state index contributed by atoms with van der Waals surface area (Å²) in [6, 6.07) is 6.43. The molecule has 0 saturated heterocycles. The van der Waals surface area contributed by atoms with Crippen LogP contribution in [0.25, 0.3) is 0 Å². The van der Waals surface area contributed by atoms with Crippen LogP contribution in [0.3, 0.4) is 0 Å². The summed E-state index contributed by atoms with van der Waals surface area (Å²) in [5.41, 5.74) is 7.88. The minimum atomic E-state index is 0.678. The fourth-order valence-electron chi connectivity index (χ4n) is 2.80. The molecule has 2 N–H and O–H groups in total. The molecule has 1 aliphatic carbocycles. The predicted octanol–water partition coefficient (Wildman–Crippen LogP) is 3.93. The Balaban J connectivity index is 2.00. The highest BCUT2D eigenvalue weighted by Crippen LogP contribution is 2.29. The Bertz CT molecular complexity index is 377. The number of anilines is 1. The fraction of sp³-hybridized carbons (Fsp3) is 0.600. The molecule has 0 radical (unpaired) electrons. The smallest absolute Gasteiger partial charge is 0.0471 e. The van der Waals surface area contributed by atoms with Gasteiger partial charge < -0.3 is 5.73 Å². The average molecular weight is 267 g/mol. The van der Waals surface area contributed by atoms with E-state index >= 15 is 0 Å². The van der Waals surface area contributed by atoms with Crippen LogP contribution in [0, 0.1) is 5.92 Å². The topological polar surface area (TPSA) is 29.3 Å². The van der Waals surface area contributed by atoms with Crippen molar-refractivity contribution in [2.45, 2.75) is 45.2 Å². The molecule has 1 aromatic rings. The highest BCUT2D eigenvalue weighted by molar-refractivity contribution is 6.31. The van der Waals surface area contributed by atoms with Crippen molar-refractivity contribution >= 4 is 17.3 Å². The van der Waals surface area contributed by atoms with Gasteiger partial charge in [0.15, 0.2) is 0 Å². The predicted molar refractivity (Wildman–Crippen MR) is 78.8 cm³/mol. The van der Waals surface area contributed by atoms with Crippen molar-refractivity contribution in [3.63, 3.8) is 0 Å². The van der Waals surface area contributed by atoms with E-state index in [2.05, 4.69) is 18.9 Å². The van der Waals surface area contributed by atoms with Gasteiger partial charge in [0.05, 0.1) is 0 Å². The molecule has 0 aliphatic heterocycles.